The van der Waals surface area contributed by atoms with Crippen LogP contribution in [0.1, 0.15) is 33.6 Å². The number of allylic oxidation sites excluding steroid dienone is 5. The number of nitrogens with two attached hydrogens (primary N) is 1. The molecule has 0 radical (unpaired) electrons. The quantitative estimate of drug-likeness (QED) is 0.508. The highest BCUT2D eigenvalue weighted by Gasteiger charge is 2.20. The van der Waals surface area contributed by atoms with Crippen LogP contribution in [0.25, 0.3) is 0 Å². The summed E-state index contributed by atoms with van der Waals surface area (Å²) in [5.41, 5.74) is 8.98. The molecule has 0 heterocycles. The zero-order valence-electron chi connectivity index (χ0n) is 11.0. The first-order valence-electron chi connectivity index (χ1n) is 5.69. The van der Waals surface area contributed by atoms with Crippen LogP contribution >= 0.6 is 0 Å². The van der Waals surface area contributed by atoms with E-state index in [0.29, 0.717) is 6.54 Å². The van der Waals surface area contributed by atoms with E-state index in [-0.39, 0.29) is 5.41 Å². The van der Waals surface area contributed by atoms with Crippen LogP contribution in [0.3, 0.4) is 0 Å². The highest BCUT2D eigenvalue weighted by atomic mass is 14.5. The largest absolute Gasteiger partial charge is 0.330 e. The second-order valence-corrected chi connectivity index (χ2v) is 5.04. The molecule has 0 aromatic carbocycles. The van der Waals surface area contributed by atoms with Crippen LogP contribution in [0.4, 0.5) is 0 Å². The van der Waals surface area contributed by atoms with Crippen LogP contribution in [-0.2, 0) is 0 Å². The average molecular weight is 219 g/mol. The van der Waals surface area contributed by atoms with E-state index in [2.05, 4.69) is 33.6 Å². The van der Waals surface area contributed by atoms with Crippen molar-refractivity contribution in [1.82, 2.24) is 0 Å². The lowest BCUT2D eigenvalue weighted by Crippen LogP contribution is -2.19. The fraction of sp³-hybridized carbons (Fsp3) is 0.467. The van der Waals surface area contributed by atoms with Crippen LogP contribution in [0, 0.1) is 5.41 Å². The molecule has 0 saturated carbocycles. The van der Waals surface area contributed by atoms with Crippen LogP contribution < -0.4 is 5.73 Å². The molecule has 2 N–H and O–H groups in total. The lowest BCUT2D eigenvalue weighted by atomic mass is 9.79. The molecule has 0 rings (SSSR count). The van der Waals surface area contributed by atoms with Crippen LogP contribution in [-0.4, -0.2) is 6.54 Å². The van der Waals surface area contributed by atoms with Gasteiger partial charge in [0.2, 0.25) is 0 Å². The molecule has 0 aliphatic carbocycles. The third kappa shape index (κ3) is 5.72. The minimum absolute atomic E-state index is 0.0920. The fourth-order valence-corrected chi connectivity index (χ4v) is 1.37. The Balaban J connectivity index is 4.35. The van der Waals surface area contributed by atoms with E-state index in [9.17, 15) is 0 Å². The Kier molecular flexibility index (Phi) is 6.05. The van der Waals surface area contributed by atoms with Gasteiger partial charge < -0.3 is 5.73 Å². The van der Waals surface area contributed by atoms with Crippen molar-refractivity contribution in [2.24, 2.45) is 11.1 Å². The third-order valence-electron chi connectivity index (χ3n) is 2.77. The molecule has 16 heavy (non-hydrogen) atoms. The molecule has 1 heteroatoms. The molecule has 1 nitrogen and oxygen atoms in total. The fourth-order valence-electron chi connectivity index (χ4n) is 1.37. The Bertz CT molecular complexity index is 305. The topological polar surface area (TPSA) is 26.0 Å². The minimum Gasteiger partial charge on any atom is -0.330 e. The van der Waals surface area contributed by atoms with Gasteiger partial charge in [0, 0.05) is 0 Å². The summed E-state index contributed by atoms with van der Waals surface area (Å²) in [4.78, 5) is 0. The van der Waals surface area contributed by atoms with Crippen molar-refractivity contribution in [3.05, 3.63) is 48.6 Å². The van der Waals surface area contributed by atoms with E-state index < -0.39 is 0 Å². The summed E-state index contributed by atoms with van der Waals surface area (Å²) in [6.07, 6.45) is 5.78. The minimum atomic E-state index is 0.0920. The molecule has 0 amide bonds. The molecule has 0 bridgehead atoms. The molecular weight excluding hydrogens is 194 g/mol. The van der Waals surface area contributed by atoms with E-state index in [1.807, 2.05) is 19.1 Å². The molecule has 0 aromatic rings. The summed E-state index contributed by atoms with van der Waals surface area (Å²) in [7, 11) is 0. The van der Waals surface area contributed by atoms with Gasteiger partial charge >= 0.3 is 0 Å². The Hall–Kier alpha value is -1.08. The molecule has 0 aromatic heterocycles. The highest BCUT2D eigenvalue weighted by molar-refractivity contribution is 5.28. The maximum absolute atomic E-state index is 5.59. The molecule has 0 saturated heterocycles. The molecule has 0 unspecified atom stereocenters. The lowest BCUT2D eigenvalue weighted by Gasteiger charge is -2.27. The summed E-state index contributed by atoms with van der Waals surface area (Å²) < 4.78 is 0. The highest BCUT2D eigenvalue weighted by Crippen LogP contribution is 2.32. The molecule has 0 aliphatic heterocycles. The van der Waals surface area contributed by atoms with Gasteiger partial charge in [-0.25, -0.2) is 0 Å². The molecule has 0 aliphatic rings. The van der Waals surface area contributed by atoms with Crippen molar-refractivity contribution in [3.8, 4) is 0 Å². The van der Waals surface area contributed by atoms with Crippen molar-refractivity contribution in [2.75, 3.05) is 6.54 Å². The summed E-state index contributed by atoms with van der Waals surface area (Å²) in [5, 5.41) is 0. The second kappa shape index (κ2) is 6.49. The van der Waals surface area contributed by atoms with Gasteiger partial charge in [-0.2, -0.15) is 0 Å². The Morgan fingerprint density at radius 3 is 2.19 bits per heavy atom. The second-order valence-electron chi connectivity index (χ2n) is 5.04. The molecular formula is C15H25N. The van der Waals surface area contributed by atoms with E-state index in [0.717, 1.165) is 24.0 Å². The number of rotatable bonds is 7. The van der Waals surface area contributed by atoms with Crippen molar-refractivity contribution < 1.29 is 0 Å². The van der Waals surface area contributed by atoms with Crippen LogP contribution in [0.5, 0.6) is 0 Å². The molecule has 0 fully saturated rings. The van der Waals surface area contributed by atoms with E-state index >= 15 is 0 Å². The van der Waals surface area contributed by atoms with Gasteiger partial charge in [0.15, 0.2) is 0 Å². The zero-order chi connectivity index (χ0) is 12.8. The summed E-state index contributed by atoms with van der Waals surface area (Å²) in [5.74, 6) is 0. The maximum Gasteiger partial charge on any atom is -0.00691 e. The van der Waals surface area contributed by atoms with Crippen LogP contribution in [0.2, 0.25) is 0 Å². The van der Waals surface area contributed by atoms with Gasteiger partial charge in [-0.3, -0.25) is 0 Å². The van der Waals surface area contributed by atoms with Gasteiger partial charge in [0.05, 0.1) is 0 Å². The first kappa shape index (κ1) is 14.9. The van der Waals surface area contributed by atoms with Gasteiger partial charge in [0.25, 0.3) is 0 Å². The standard InChI is InChI=1S/C15H25N/c1-12(2)7-8-13(3)11-14(4)15(5,6)9-10-16/h7-8H,1,3-4,9-11,16H2,2,5-6H3/b8-7-. The van der Waals surface area contributed by atoms with Gasteiger partial charge in [-0.1, -0.05) is 62.5 Å². The van der Waals surface area contributed by atoms with Gasteiger partial charge in [-0.05, 0) is 31.7 Å². The van der Waals surface area contributed by atoms with Crippen LogP contribution in [0.15, 0.2) is 48.6 Å². The molecule has 90 valence electrons. The van der Waals surface area contributed by atoms with Crippen molar-refractivity contribution in [1.29, 1.82) is 0 Å². The monoisotopic (exact) mass is 219 g/mol. The Morgan fingerprint density at radius 1 is 1.19 bits per heavy atom. The SMILES string of the molecule is C=C(C)/C=C\C(=C)CC(=C)C(C)(C)CCN. The normalized spacial score (nSPS) is 11.8. The zero-order valence-corrected chi connectivity index (χ0v) is 11.0. The summed E-state index contributed by atoms with van der Waals surface area (Å²) >= 11 is 0. The summed E-state index contributed by atoms with van der Waals surface area (Å²) in [6.45, 7) is 19.0. The predicted molar refractivity (Wildman–Crippen MR) is 74.3 cm³/mol. The van der Waals surface area contributed by atoms with Crippen molar-refractivity contribution in [2.45, 2.75) is 33.6 Å². The van der Waals surface area contributed by atoms with E-state index in [1.165, 1.54) is 5.57 Å². The lowest BCUT2D eigenvalue weighted by molar-refractivity contribution is 0.408. The van der Waals surface area contributed by atoms with Crippen molar-refractivity contribution >= 4 is 0 Å². The Morgan fingerprint density at radius 2 is 1.75 bits per heavy atom. The van der Waals surface area contributed by atoms with E-state index in [1.54, 1.807) is 0 Å². The average Bonchev–Trinajstić information content (AvgIpc) is 2.14. The maximum atomic E-state index is 5.59. The van der Waals surface area contributed by atoms with E-state index in [4.69, 9.17) is 5.73 Å². The van der Waals surface area contributed by atoms with Gasteiger partial charge in [0.1, 0.15) is 0 Å². The third-order valence-corrected chi connectivity index (χ3v) is 2.77. The number of hydrogen-bond acceptors (Lipinski definition) is 1. The van der Waals surface area contributed by atoms with Gasteiger partial charge in [-0.15, -0.1) is 0 Å². The van der Waals surface area contributed by atoms with Crippen molar-refractivity contribution in [3.63, 3.8) is 0 Å². The first-order chi connectivity index (χ1) is 7.29. The predicted octanol–water partition coefficient (Wildman–Crippen LogP) is 4.00. The number of hydrogen-bond donors (Lipinski definition) is 1. The first-order valence-corrected chi connectivity index (χ1v) is 5.69. The smallest absolute Gasteiger partial charge is 0.00691 e. The molecule has 0 atom stereocenters. The Labute approximate surface area is 100 Å². The molecule has 0 spiro atoms. The summed E-state index contributed by atoms with van der Waals surface area (Å²) in [6, 6.07) is 0.